The summed E-state index contributed by atoms with van der Waals surface area (Å²) < 4.78 is 0. The third kappa shape index (κ3) is 2.64. The molecule has 0 bridgehead atoms. The molecule has 1 saturated heterocycles. The van der Waals surface area contributed by atoms with Crippen molar-refractivity contribution in [1.29, 1.82) is 0 Å². The van der Waals surface area contributed by atoms with E-state index < -0.39 is 0 Å². The summed E-state index contributed by atoms with van der Waals surface area (Å²) >= 11 is 0. The minimum atomic E-state index is 0.779. The second-order valence-corrected chi connectivity index (χ2v) is 2.77. The molecule has 1 aliphatic rings. The summed E-state index contributed by atoms with van der Waals surface area (Å²) in [5.74, 6) is 0. The molecule has 0 aromatic heterocycles. The van der Waals surface area contributed by atoms with E-state index in [0.717, 1.165) is 19.8 Å². The van der Waals surface area contributed by atoms with Crippen molar-refractivity contribution in [3.63, 3.8) is 0 Å². The van der Waals surface area contributed by atoms with E-state index in [4.69, 9.17) is 5.73 Å². The van der Waals surface area contributed by atoms with Gasteiger partial charge in [0, 0.05) is 19.8 Å². The summed E-state index contributed by atoms with van der Waals surface area (Å²) in [6, 6.07) is 0. The van der Waals surface area contributed by atoms with Gasteiger partial charge in [0.25, 0.3) is 0 Å². The minimum Gasteiger partial charge on any atom is -0.329 e. The summed E-state index contributed by atoms with van der Waals surface area (Å²) in [6.45, 7) is 5.22. The molecule has 0 saturated carbocycles. The van der Waals surface area contributed by atoms with Gasteiger partial charge in [0.2, 0.25) is 0 Å². The molecule has 0 aromatic rings. The number of nitrogens with zero attached hydrogens (tertiary/aromatic N) is 1. The van der Waals surface area contributed by atoms with Crippen molar-refractivity contribution >= 4 is 0 Å². The first-order chi connectivity index (χ1) is 4.93. The van der Waals surface area contributed by atoms with Crippen LogP contribution in [0.25, 0.3) is 0 Å². The fourth-order valence-electron chi connectivity index (χ4n) is 1.28. The van der Waals surface area contributed by atoms with Crippen LogP contribution in [0.15, 0.2) is 0 Å². The molecule has 3 nitrogen and oxygen atoms in total. The van der Waals surface area contributed by atoms with Gasteiger partial charge in [-0.3, -0.25) is 4.90 Å². The van der Waals surface area contributed by atoms with Crippen molar-refractivity contribution in [1.82, 2.24) is 10.2 Å². The van der Waals surface area contributed by atoms with Gasteiger partial charge < -0.3 is 11.1 Å². The first-order valence-electron chi connectivity index (χ1n) is 4.06. The smallest absolute Gasteiger partial charge is 0.0480 e. The van der Waals surface area contributed by atoms with Crippen LogP contribution in [0.4, 0.5) is 0 Å². The molecule has 0 unspecified atom stereocenters. The third-order valence-corrected chi connectivity index (χ3v) is 1.86. The molecule has 1 fully saturated rings. The SMILES string of the molecule is NCCN1CCCCNC1. The van der Waals surface area contributed by atoms with E-state index >= 15 is 0 Å². The first-order valence-corrected chi connectivity index (χ1v) is 4.06. The van der Waals surface area contributed by atoms with Gasteiger partial charge in [-0.2, -0.15) is 0 Å². The molecule has 0 spiro atoms. The van der Waals surface area contributed by atoms with E-state index in [9.17, 15) is 0 Å². The van der Waals surface area contributed by atoms with E-state index in [0.29, 0.717) is 0 Å². The number of nitrogens with two attached hydrogens (primary N) is 1. The Labute approximate surface area is 62.6 Å². The van der Waals surface area contributed by atoms with E-state index in [1.807, 2.05) is 0 Å². The lowest BCUT2D eigenvalue weighted by Gasteiger charge is -2.17. The number of hydrogen-bond acceptors (Lipinski definition) is 3. The topological polar surface area (TPSA) is 41.3 Å². The highest BCUT2D eigenvalue weighted by molar-refractivity contribution is 4.62. The largest absolute Gasteiger partial charge is 0.329 e. The van der Waals surface area contributed by atoms with Crippen molar-refractivity contribution in [2.24, 2.45) is 5.73 Å². The van der Waals surface area contributed by atoms with Gasteiger partial charge in [-0.05, 0) is 25.9 Å². The van der Waals surface area contributed by atoms with Gasteiger partial charge in [-0.15, -0.1) is 0 Å². The zero-order chi connectivity index (χ0) is 7.23. The Hall–Kier alpha value is -0.120. The lowest BCUT2D eigenvalue weighted by molar-refractivity contribution is 0.279. The van der Waals surface area contributed by atoms with Crippen LogP contribution in [-0.2, 0) is 0 Å². The van der Waals surface area contributed by atoms with Crippen molar-refractivity contribution in [3.8, 4) is 0 Å². The molecule has 0 amide bonds. The van der Waals surface area contributed by atoms with Crippen LogP contribution in [0.2, 0.25) is 0 Å². The fourth-order valence-corrected chi connectivity index (χ4v) is 1.28. The Bertz CT molecular complexity index is 76.9. The summed E-state index contributed by atoms with van der Waals surface area (Å²) in [4.78, 5) is 2.37. The molecule has 0 aliphatic carbocycles. The summed E-state index contributed by atoms with van der Waals surface area (Å²) in [5, 5.41) is 3.35. The van der Waals surface area contributed by atoms with Gasteiger partial charge >= 0.3 is 0 Å². The highest BCUT2D eigenvalue weighted by Gasteiger charge is 2.05. The monoisotopic (exact) mass is 143 g/mol. The second-order valence-electron chi connectivity index (χ2n) is 2.77. The van der Waals surface area contributed by atoms with E-state index in [1.54, 1.807) is 0 Å². The minimum absolute atomic E-state index is 0.779. The molecular weight excluding hydrogens is 126 g/mol. The maximum absolute atomic E-state index is 5.44. The fraction of sp³-hybridized carbons (Fsp3) is 1.00. The van der Waals surface area contributed by atoms with E-state index in [1.165, 1.54) is 25.9 Å². The molecule has 0 aromatic carbocycles. The zero-order valence-electron chi connectivity index (χ0n) is 6.47. The van der Waals surface area contributed by atoms with Gasteiger partial charge in [0.05, 0.1) is 0 Å². The van der Waals surface area contributed by atoms with Crippen LogP contribution < -0.4 is 11.1 Å². The maximum Gasteiger partial charge on any atom is 0.0480 e. The zero-order valence-corrected chi connectivity index (χ0v) is 6.47. The van der Waals surface area contributed by atoms with Crippen molar-refractivity contribution in [2.45, 2.75) is 12.8 Å². The Balaban J connectivity index is 2.15. The van der Waals surface area contributed by atoms with Crippen molar-refractivity contribution in [3.05, 3.63) is 0 Å². The lowest BCUT2D eigenvalue weighted by atomic mass is 10.3. The molecule has 10 heavy (non-hydrogen) atoms. The Kier molecular flexibility index (Phi) is 3.72. The second kappa shape index (κ2) is 4.66. The van der Waals surface area contributed by atoms with Crippen LogP contribution in [-0.4, -0.2) is 37.7 Å². The van der Waals surface area contributed by atoms with Crippen LogP contribution in [0, 0.1) is 0 Å². The van der Waals surface area contributed by atoms with Crippen LogP contribution >= 0.6 is 0 Å². The van der Waals surface area contributed by atoms with Crippen molar-refractivity contribution in [2.75, 3.05) is 32.8 Å². The highest BCUT2D eigenvalue weighted by atomic mass is 15.2. The number of hydrogen-bond donors (Lipinski definition) is 2. The van der Waals surface area contributed by atoms with Crippen LogP contribution in [0.3, 0.4) is 0 Å². The first kappa shape index (κ1) is 7.98. The van der Waals surface area contributed by atoms with Gasteiger partial charge in [0.15, 0.2) is 0 Å². The van der Waals surface area contributed by atoms with Crippen molar-refractivity contribution < 1.29 is 0 Å². The molecule has 1 aliphatic heterocycles. The standard InChI is InChI=1S/C7H17N3/c8-3-6-10-5-2-1-4-9-7-10/h9H,1-8H2. The molecule has 0 radical (unpaired) electrons. The average Bonchev–Trinajstić information content (AvgIpc) is 2.17. The van der Waals surface area contributed by atoms with E-state index in [-0.39, 0.29) is 0 Å². The predicted octanol–water partition coefficient (Wildman–Crippen LogP) is -0.412. The quantitative estimate of drug-likeness (QED) is 0.552. The normalized spacial score (nSPS) is 22.5. The summed E-state index contributed by atoms with van der Waals surface area (Å²) in [5.41, 5.74) is 5.44. The van der Waals surface area contributed by atoms with E-state index in [2.05, 4.69) is 10.2 Å². The summed E-state index contributed by atoms with van der Waals surface area (Å²) in [6.07, 6.45) is 2.62. The molecule has 3 N–H and O–H groups in total. The number of nitrogens with one attached hydrogen (secondary N) is 1. The molecule has 1 rings (SSSR count). The lowest BCUT2D eigenvalue weighted by Crippen LogP contribution is -2.35. The van der Waals surface area contributed by atoms with Gasteiger partial charge in [-0.25, -0.2) is 0 Å². The number of rotatable bonds is 2. The molecular formula is C7H17N3. The van der Waals surface area contributed by atoms with Crippen LogP contribution in [0.5, 0.6) is 0 Å². The molecule has 60 valence electrons. The highest BCUT2D eigenvalue weighted by Crippen LogP contribution is 1.96. The average molecular weight is 143 g/mol. The van der Waals surface area contributed by atoms with Gasteiger partial charge in [0.1, 0.15) is 0 Å². The van der Waals surface area contributed by atoms with Gasteiger partial charge in [-0.1, -0.05) is 0 Å². The Morgan fingerprint density at radius 3 is 3.10 bits per heavy atom. The summed E-state index contributed by atoms with van der Waals surface area (Å²) in [7, 11) is 0. The Morgan fingerprint density at radius 2 is 2.30 bits per heavy atom. The molecule has 1 heterocycles. The Morgan fingerprint density at radius 1 is 1.40 bits per heavy atom. The van der Waals surface area contributed by atoms with Crippen LogP contribution in [0.1, 0.15) is 12.8 Å². The predicted molar refractivity (Wildman–Crippen MR) is 42.7 cm³/mol. The maximum atomic E-state index is 5.44. The third-order valence-electron chi connectivity index (χ3n) is 1.86. The molecule has 0 atom stereocenters. The molecule has 3 heteroatoms.